The summed E-state index contributed by atoms with van der Waals surface area (Å²) in [4.78, 5) is 16.1. The highest BCUT2D eigenvalue weighted by Crippen LogP contribution is 2.22. The van der Waals surface area contributed by atoms with E-state index in [2.05, 4.69) is 10.3 Å². The number of fused-ring (bicyclic) bond motifs is 1. The first-order valence-corrected chi connectivity index (χ1v) is 7.93. The Labute approximate surface area is 145 Å². The molecule has 3 rings (SSSR count). The second-order valence-electron chi connectivity index (χ2n) is 5.38. The second kappa shape index (κ2) is 7.97. The molecular formula is C20H18N2O3. The van der Waals surface area contributed by atoms with Crippen LogP contribution in [0.2, 0.25) is 0 Å². The summed E-state index contributed by atoms with van der Waals surface area (Å²) in [7, 11) is 0. The van der Waals surface area contributed by atoms with Crippen LogP contribution in [0.1, 0.15) is 5.56 Å². The molecule has 5 heteroatoms. The molecule has 3 aromatic carbocycles. The summed E-state index contributed by atoms with van der Waals surface area (Å²) < 4.78 is 5.14. The first-order chi connectivity index (χ1) is 12.2. The van der Waals surface area contributed by atoms with E-state index in [4.69, 9.17) is 4.74 Å². The number of phenols is 1. The van der Waals surface area contributed by atoms with Crippen molar-refractivity contribution in [3.63, 3.8) is 0 Å². The van der Waals surface area contributed by atoms with Crippen LogP contribution in [-0.2, 0) is 4.74 Å². The zero-order chi connectivity index (χ0) is 17.5. The molecule has 0 aliphatic carbocycles. The monoisotopic (exact) mass is 334 g/mol. The molecule has 0 fully saturated rings. The molecule has 0 bridgehead atoms. The van der Waals surface area contributed by atoms with Crippen molar-refractivity contribution in [2.24, 2.45) is 4.99 Å². The molecule has 0 radical (unpaired) electrons. The Morgan fingerprint density at radius 1 is 1.04 bits per heavy atom. The number of hydrogen-bond acceptors (Lipinski definition) is 4. The van der Waals surface area contributed by atoms with Crippen LogP contribution in [0.3, 0.4) is 0 Å². The van der Waals surface area contributed by atoms with Crippen molar-refractivity contribution in [1.82, 2.24) is 0 Å². The standard InChI is InChI=1S/C20H18N2O3/c23-19-11-4-2-7-16(19)14-21-12-13-25-20(24)22-18-10-5-8-15-6-1-3-9-17(15)18/h1-11,14,23H,12-13H2,(H,22,24). The van der Waals surface area contributed by atoms with Gasteiger partial charge in [0, 0.05) is 17.2 Å². The molecule has 0 atom stereocenters. The topological polar surface area (TPSA) is 70.9 Å². The lowest BCUT2D eigenvalue weighted by Gasteiger charge is -2.08. The second-order valence-corrected chi connectivity index (χ2v) is 5.38. The van der Waals surface area contributed by atoms with Crippen molar-refractivity contribution < 1.29 is 14.6 Å². The maximum atomic E-state index is 11.9. The summed E-state index contributed by atoms with van der Waals surface area (Å²) in [6.07, 6.45) is 1.04. The first-order valence-electron chi connectivity index (χ1n) is 7.93. The summed E-state index contributed by atoms with van der Waals surface area (Å²) in [5, 5.41) is 14.4. The van der Waals surface area contributed by atoms with Crippen LogP contribution in [0.25, 0.3) is 10.8 Å². The van der Waals surface area contributed by atoms with Crippen LogP contribution in [0, 0.1) is 0 Å². The van der Waals surface area contributed by atoms with Gasteiger partial charge in [0.15, 0.2) is 0 Å². The van der Waals surface area contributed by atoms with Gasteiger partial charge in [-0.25, -0.2) is 4.79 Å². The van der Waals surface area contributed by atoms with Gasteiger partial charge in [-0.3, -0.25) is 10.3 Å². The molecule has 0 spiro atoms. The van der Waals surface area contributed by atoms with Crippen molar-refractivity contribution in [1.29, 1.82) is 0 Å². The zero-order valence-corrected chi connectivity index (χ0v) is 13.6. The fraction of sp³-hybridized carbons (Fsp3) is 0.100. The molecule has 3 aromatic rings. The number of carbonyl (C=O) groups excluding carboxylic acids is 1. The van der Waals surface area contributed by atoms with Crippen molar-refractivity contribution in [2.75, 3.05) is 18.5 Å². The third-order valence-corrected chi connectivity index (χ3v) is 3.65. The van der Waals surface area contributed by atoms with Gasteiger partial charge in [-0.2, -0.15) is 0 Å². The van der Waals surface area contributed by atoms with Gasteiger partial charge in [0.2, 0.25) is 0 Å². The number of hydrogen-bond donors (Lipinski definition) is 2. The largest absolute Gasteiger partial charge is 0.507 e. The summed E-state index contributed by atoms with van der Waals surface area (Å²) in [6.45, 7) is 0.470. The van der Waals surface area contributed by atoms with E-state index in [0.717, 1.165) is 10.8 Å². The summed E-state index contributed by atoms with van der Waals surface area (Å²) in [6, 6.07) is 20.4. The number of aliphatic imine (C=N–C) groups is 1. The number of benzene rings is 3. The van der Waals surface area contributed by atoms with E-state index >= 15 is 0 Å². The predicted molar refractivity (Wildman–Crippen MR) is 99.5 cm³/mol. The number of carbonyl (C=O) groups is 1. The molecule has 0 saturated heterocycles. The van der Waals surface area contributed by atoms with E-state index in [0.29, 0.717) is 17.8 Å². The number of anilines is 1. The van der Waals surface area contributed by atoms with E-state index in [1.54, 1.807) is 24.4 Å². The molecule has 25 heavy (non-hydrogen) atoms. The van der Waals surface area contributed by atoms with E-state index in [9.17, 15) is 9.90 Å². The zero-order valence-electron chi connectivity index (χ0n) is 13.6. The Kier molecular flexibility index (Phi) is 5.26. The molecular weight excluding hydrogens is 316 g/mol. The number of aromatic hydroxyl groups is 1. The van der Waals surface area contributed by atoms with Crippen molar-refractivity contribution in [2.45, 2.75) is 0 Å². The van der Waals surface area contributed by atoms with Gasteiger partial charge in [-0.05, 0) is 23.6 Å². The van der Waals surface area contributed by atoms with Gasteiger partial charge in [0.05, 0.1) is 12.2 Å². The minimum Gasteiger partial charge on any atom is -0.507 e. The fourth-order valence-corrected chi connectivity index (χ4v) is 2.43. The van der Waals surface area contributed by atoms with Crippen molar-refractivity contribution >= 4 is 28.8 Å². The molecule has 0 aliphatic heterocycles. The van der Waals surface area contributed by atoms with Crippen LogP contribution in [0.5, 0.6) is 5.75 Å². The lowest BCUT2D eigenvalue weighted by Crippen LogP contribution is -2.15. The molecule has 2 N–H and O–H groups in total. The lowest BCUT2D eigenvalue weighted by molar-refractivity contribution is 0.165. The molecule has 0 saturated carbocycles. The summed E-state index contributed by atoms with van der Waals surface area (Å²) in [5.41, 5.74) is 1.34. The normalized spacial score (nSPS) is 10.9. The highest BCUT2D eigenvalue weighted by atomic mass is 16.5. The molecule has 0 heterocycles. The molecule has 0 unspecified atom stereocenters. The number of phenolic OH excluding ortho intramolecular Hbond substituents is 1. The van der Waals surface area contributed by atoms with E-state index in [1.807, 2.05) is 48.5 Å². The number of ether oxygens (including phenoxy) is 1. The van der Waals surface area contributed by atoms with Gasteiger partial charge in [0.1, 0.15) is 12.4 Å². The maximum absolute atomic E-state index is 11.9. The highest BCUT2D eigenvalue weighted by molar-refractivity contribution is 6.00. The van der Waals surface area contributed by atoms with Crippen molar-refractivity contribution in [3.05, 3.63) is 72.3 Å². The average Bonchev–Trinajstić information content (AvgIpc) is 2.63. The van der Waals surface area contributed by atoms with Crippen LogP contribution in [0.15, 0.2) is 71.7 Å². The van der Waals surface area contributed by atoms with Crippen LogP contribution in [0.4, 0.5) is 10.5 Å². The lowest BCUT2D eigenvalue weighted by atomic mass is 10.1. The van der Waals surface area contributed by atoms with E-state index < -0.39 is 6.09 Å². The van der Waals surface area contributed by atoms with Gasteiger partial charge >= 0.3 is 6.09 Å². The Morgan fingerprint density at radius 3 is 2.68 bits per heavy atom. The molecule has 1 amide bonds. The third-order valence-electron chi connectivity index (χ3n) is 3.65. The highest BCUT2D eigenvalue weighted by Gasteiger charge is 2.05. The smallest absolute Gasteiger partial charge is 0.411 e. The quantitative estimate of drug-likeness (QED) is 0.542. The number of para-hydroxylation sites is 1. The Bertz CT molecular complexity index is 901. The molecule has 5 nitrogen and oxygen atoms in total. The molecule has 0 aliphatic rings. The van der Waals surface area contributed by atoms with Crippen LogP contribution in [-0.4, -0.2) is 30.6 Å². The van der Waals surface area contributed by atoms with Crippen molar-refractivity contribution in [3.8, 4) is 5.75 Å². The van der Waals surface area contributed by atoms with Gasteiger partial charge < -0.3 is 9.84 Å². The van der Waals surface area contributed by atoms with Crippen LogP contribution < -0.4 is 5.32 Å². The maximum Gasteiger partial charge on any atom is 0.411 e. The Hall–Kier alpha value is -3.34. The van der Waals surface area contributed by atoms with E-state index in [-0.39, 0.29) is 12.4 Å². The number of nitrogens with one attached hydrogen (secondary N) is 1. The predicted octanol–water partition coefficient (Wildman–Crippen LogP) is 4.21. The van der Waals surface area contributed by atoms with Gasteiger partial charge in [-0.1, -0.05) is 48.5 Å². The molecule has 126 valence electrons. The summed E-state index contributed by atoms with van der Waals surface area (Å²) >= 11 is 0. The fourth-order valence-electron chi connectivity index (χ4n) is 2.43. The third kappa shape index (κ3) is 4.35. The number of nitrogens with zero attached hydrogens (tertiary/aromatic N) is 1. The Morgan fingerprint density at radius 2 is 1.80 bits per heavy atom. The SMILES string of the molecule is O=C(Nc1cccc2ccccc12)OCCN=Cc1ccccc1O. The first kappa shape index (κ1) is 16.5. The summed E-state index contributed by atoms with van der Waals surface area (Å²) in [5.74, 6) is 0.167. The molecule has 0 aromatic heterocycles. The van der Waals surface area contributed by atoms with Gasteiger partial charge in [-0.15, -0.1) is 0 Å². The number of rotatable bonds is 5. The minimum absolute atomic E-state index is 0.153. The number of amides is 1. The van der Waals surface area contributed by atoms with E-state index in [1.165, 1.54) is 0 Å². The Balaban J connectivity index is 1.51. The van der Waals surface area contributed by atoms with Gasteiger partial charge in [0.25, 0.3) is 0 Å². The van der Waals surface area contributed by atoms with Crippen LogP contribution >= 0.6 is 0 Å². The average molecular weight is 334 g/mol. The minimum atomic E-state index is -0.519.